The van der Waals surface area contributed by atoms with Crippen LogP contribution in [0.3, 0.4) is 0 Å². The van der Waals surface area contributed by atoms with Crippen LogP contribution in [0.15, 0.2) is 36.4 Å². The highest BCUT2D eigenvalue weighted by atomic mass is 32.1. The van der Waals surface area contributed by atoms with Crippen molar-refractivity contribution in [3.8, 4) is 11.5 Å². The Kier molecular flexibility index (Phi) is 8.40. The van der Waals surface area contributed by atoms with Crippen molar-refractivity contribution >= 4 is 34.2 Å². The van der Waals surface area contributed by atoms with Gasteiger partial charge in [-0.15, -0.1) is 11.3 Å². The molecule has 0 saturated heterocycles. The van der Waals surface area contributed by atoms with Gasteiger partial charge in [0.15, 0.2) is 0 Å². The number of benzene rings is 2. The van der Waals surface area contributed by atoms with Gasteiger partial charge in [-0.25, -0.2) is 9.59 Å². The molecule has 10 nitrogen and oxygen atoms in total. The second-order valence-corrected chi connectivity index (χ2v) is 12.9. The van der Waals surface area contributed by atoms with Gasteiger partial charge in [0.1, 0.15) is 22.1 Å². The molecule has 0 spiro atoms. The van der Waals surface area contributed by atoms with Crippen LogP contribution < -0.4 is 15.2 Å². The Morgan fingerprint density at radius 2 is 1.63 bits per heavy atom. The summed E-state index contributed by atoms with van der Waals surface area (Å²) in [4.78, 5) is 45.0. The van der Waals surface area contributed by atoms with Gasteiger partial charge in [-0.1, -0.05) is 12.1 Å². The molecule has 3 aromatic rings. The van der Waals surface area contributed by atoms with Gasteiger partial charge < -0.3 is 29.6 Å². The van der Waals surface area contributed by atoms with Crippen LogP contribution in [0.1, 0.15) is 68.6 Å². The van der Waals surface area contributed by atoms with E-state index in [4.69, 9.17) is 24.7 Å². The summed E-state index contributed by atoms with van der Waals surface area (Å²) in [5.41, 5.74) is 9.78. The van der Waals surface area contributed by atoms with Crippen LogP contribution in [0.2, 0.25) is 0 Å². The summed E-state index contributed by atoms with van der Waals surface area (Å²) in [5, 5.41) is 0.389. The molecule has 3 heterocycles. The molecule has 11 heteroatoms. The number of hydrogen-bond acceptors (Lipinski definition) is 10. The predicted octanol–water partition coefficient (Wildman–Crippen LogP) is 4.56. The molecular formula is C32H37N3O7S. The molecule has 0 fully saturated rings. The van der Waals surface area contributed by atoms with Crippen molar-refractivity contribution in [3.05, 3.63) is 74.7 Å². The molecule has 0 saturated carbocycles. The molecule has 1 unspecified atom stereocenters. The first kappa shape index (κ1) is 30.4. The van der Waals surface area contributed by atoms with Crippen molar-refractivity contribution < 1.29 is 33.3 Å². The number of amides is 1. The Morgan fingerprint density at radius 3 is 2.26 bits per heavy atom. The van der Waals surface area contributed by atoms with Gasteiger partial charge in [-0.2, -0.15) is 0 Å². The predicted molar refractivity (Wildman–Crippen MR) is 162 cm³/mol. The molecule has 2 N–H and O–H groups in total. The molecule has 1 aromatic heterocycles. The lowest BCUT2D eigenvalue weighted by atomic mass is 9.94. The zero-order valence-corrected chi connectivity index (χ0v) is 26.1. The fraction of sp³-hybridized carbons (Fsp3) is 0.406. The molecule has 2 aliphatic rings. The first-order valence-electron chi connectivity index (χ1n) is 14.0. The lowest BCUT2D eigenvalue weighted by Crippen LogP contribution is -2.50. The number of rotatable bonds is 7. The van der Waals surface area contributed by atoms with Gasteiger partial charge in [0.2, 0.25) is 5.91 Å². The van der Waals surface area contributed by atoms with Crippen molar-refractivity contribution in [1.82, 2.24) is 9.80 Å². The first-order valence-corrected chi connectivity index (χ1v) is 14.8. The molecule has 0 bridgehead atoms. The Bertz CT molecular complexity index is 1560. The van der Waals surface area contributed by atoms with Crippen LogP contribution in [0.5, 0.6) is 11.5 Å². The van der Waals surface area contributed by atoms with Gasteiger partial charge in [-0.3, -0.25) is 9.69 Å². The molecule has 0 aliphatic carbocycles. The quantitative estimate of drug-likeness (QED) is 0.386. The number of methoxy groups -OCH3 is 3. The lowest BCUT2D eigenvalue weighted by molar-refractivity contribution is -0.138. The van der Waals surface area contributed by atoms with Crippen LogP contribution in [-0.4, -0.2) is 60.6 Å². The monoisotopic (exact) mass is 607 g/mol. The summed E-state index contributed by atoms with van der Waals surface area (Å²) in [7, 11) is 4.48. The number of hydrogen-bond donors (Lipinski definition) is 1. The smallest absolute Gasteiger partial charge is 0.341 e. The number of ether oxygens (including phenoxy) is 4. The number of anilines is 1. The van der Waals surface area contributed by atoms with Crippen molar-refractivity contribution in [2.24, 2.45) is 0 Å². The van der Waals surface area contributed by atoms with Gasteiger partial charge >= 0.3 is 11.9 Å². The van der Waals surface area contributed by atoms with E-state index in [1.165, 1.54) is 25.6 Å². The number of nitrogens with zero attached hydrogens (tertiary/aromatic N) is 2. The van der Waals surface area contributed by atoms with Crippen LogP contribution in [0, 0.1) is 0 Å². The van der Waals surface area contributed by atoms with Gasteiger partial charge in [0.25, 0.3) is 0 Å². The number of esters is 2. The Morgan fingerprint density at radius 1 is 0.930 bits per heavy atom. The van der Waals surface area contributed by atoms with Crippen LogP contribution in [0.25, 0.3) is 0 Å². The number of thiophene rings is 1. The van der Waals surface area contributed by atoms with Gasteiger partial charge in [0, 0.05) is 31.1 Å². The lowest BCUT2D eigenvalue weighted by Gasteiger charge is -2.37. The third kappa shape index (κ3) is 6.18. The fourth-order valence-electron chi connectivity index (χ4n) is 5.68. The zero-order chi connectivity index (χ0) is 31.1. The third-order valence-electron chi connectivity index (χ3n) is 7.71. The standard InChI is InChI=1S/C32H37N3O7S/c1-32(2,3)42-31(38)27-23-13-25(34(17-26(23)43-28(27)33)14-18-7-9-20(39-4)10-8-18)29(36)35-15-19-11-21(40-5)12-22(24(19)16-35)30(37)41-6/h7-12,25H,13-17,33H2,1-6H3. The molecule has 1 amide bonds. The van der Waals surface area contributed by atoms with Gasteiger partial charge in [-0.05, 0) is 73.7 Å². The van der Waals surface area contributed by atoms with Crippen molar-refractivity contribution in [2.75, 3.05) is 27.1 Å². The number of nitrogen functional groups attached to an aromatic ring is 1. The van der Waals surface area contributed by atoms with E-state index in [-0.39, 0.29) is 12.5 Å². The molecule has 5 rings (SSSR count). The van der Waals surface area contributed by atoms with Crippen molar-refractivity contribution in [3.63, 3.8) is 0 Å². The second kappa shape index (κ2) is 11.9. The van der Waals surface area contributed by atoms with Crippen LogP contribution in [0.4, 0.5) is 5.00 Å². The van der Waals surface area contributed by atoms with Crippen LogP contribution in [-0.2, 0) is 46.9 Å². The highest BCUT2D eigenvalue weighted by molar-refractivity contribution is 7.16. The summed E-state index contributed by atoms with van der Waals surface area (Å²) >= 11 is 1.36. The average molecular weight is 608 g/mol. The van der Waals surface area contributed by atoms with E-state index in [1.54, 1.807) is 18.1 Å². The normalized spacial score (nSPS) is 16.3. The van der Waals surface area contributed by atoms with Crippen molar-refractivity contribution in [2.45, 2.75) is 65.0 Å². The molecule has 0 radical (unpaired) electrons. The van der Waals surface area contributed by atoms with E-state index >= 15 is 0 Å². The van der Waals surface area contributed by atoms with Gasteiger partial charge in [0.05, 0.1) is 38.5 Å². The highest BCUT2D eigenvalue weighted by Gasteiger charge is 2.40. The molecule has 43 heavy (non-hydrogen) atoms. The largest absolute Gasteiger partial charge is 0.497 e. The maximum atomic E-state index is 14.4. The molecule has 228 valence electrons. The maximum absolute atomic E-state index is 14.4. The van der Waals surface area contributed by atoms with E-state index in [2.05, 4.69) is 4.90 Å². The molecule has 2 aromatic carbocycles. The van der Waals surface area contributed by atoms with Crippen molar-refractivity contribution in [1.29, 1.82) is 0 Å². The highest BCUT2D eigenvalue weighted by Crippen LogP contribution is 2.40. The van der Waals surface area contributed by atoms with E-state index in [0.29, 0.717) is 47.9 Å². The Hall–Kier alpha value is -4.09. The number of nitrogens with two attached hydrogens (primary N) is 1. The number of fused-ring (bicyclic) bond motifs is 2. The zero-order valence-electron chi connectivity index (χ0n) is 25.3. The SMILES string of the molecule is COC(=O)c1cc(OC)cc2c1CN(C(=O)C1Cc3c(sc(N)c3C(=O)OC(C)(C)C)CN1Cc1ccc(OC)cc1)C2. The maximum Gasteiger partial charge on any atom is 0.341 e. The topological polar surface area (TPSA) is 121 Å². The fourth-order valence-corrected chi connectivity index (χ4v) is 6.79. The Labute approximate surface area is 255 Å². The summed E-state index contributed by atoms with van der Waals surface area (Å²) in [6.07, 6.45) is 0.298. The summed E-state index contributed by atoms with van der Waals surface area (Å²) in [6.45, 7) is 6.95. The third-order valence-corrected chi connectivity index (χ3v) is 8.76. The minimum Gasteiger partial charge on any atom is -0.497 e. The second-order valence-electron chi connectivity index (χ2n) is 11.7. The van der Waals surface area contributed by atoms with E-state index in [9.17, 15) is 14.4 Å². The number of carbonyl (C=O) groups excluding carboxylic acids is 3. The summed E-state index contributed by atoms with van der Waals surface area (Å²) in [6, 6.07) is 10.7. The Balaban J connectivity index is 1.49. The van der Waals surface area contributed by atoms with E-state index in [1.807, 2.05) is 51.1 Å². The molecule has 2 aliphatic heterocycles. The summed E-state index contributed by atoms with van der Waals surface area (Å²) in [5.74, 6) is 0.194. The van der Waals surface area contributed by atoms with E-state index in [0.717, 1.165) is 32.9 Å². The molecule has 1 atom stereocenters. The summed E-state index contributed by atoms with van der Waals surface area (Å²) < 4.78 is 21.4. The van der Waals surface area contributed by atoms with E-state index < -0.39 is 23.6 Å². The number of carbonyl (C=O) groups is 3. The average Bonchev–Trinajstić information content (AvgIpc) is 3.54. The first-order chi connectivity index (χ1) is 20.4. The minimum absolute atomic E-state index is 0.106. The minimum atomic E-state index is -0.692. The van der Waals surface area contributed by atoms with Crippen LogP contribution >= 0.6 is 11.3 Å². The molecular weight excluding hydrogens is 570 g/mol.